The van der Waals surface area contributed by atoms with Gasteiger partial charge >= 0.3 is 5.97 Å². The molecule has 0 fully saturated rings. The van der Waals surface area contributed by atoms with Crippen LogP contribution in [0.15, 0.2) is 12.1 Å². The van der Waals surface area contributed by atoms with Crippen molar-refractivity contribution in [2.24, 2.45) is 0 Å². The molecule has 1 aromatic rings. The molecule has 1 aromatic carbocycles. The minimum Gasteiger partial charge on any atom is -0.481 e. The average Bonchev–Trinajstić information content (AvgIpc) is 2.43. The summed E-state index contributed by atoms with van der Waals surface area (Å²) in [7, 11) is 0. The van der Waals surface area contributed by atoms with Gasteiger partial charge in [-0.05, 0) is 25.1 Å². The summed E-state index contributed by atoms with van der Waals surface area (Å²) in [6.07, 6.45) is -0.00687. The number of carbonyl (C=O) groups excluding carboxylic acids is 1. The largest absolute Gasteiger partial charge is 0.481 e. The first-order chi connectivity index (χ1) is 9.85. The molecule has 0 aromatic heterocycles. The molecule has 1 amide bonds. The van der Waals surface area contributed by atoms with Crippen molar-refractivity contribution in [3.05, 3.63) is 27.7 Å². The Labute approximate surface area is 133 Å². The lowest BCUT2D eigenvalue weighted by molar-refractivity contribution is -0.137. The molecule has 0 saturated carbocycles. The van der Waals surface area contributed by atoms with Crippen LogP contribution in [0.25, 0.3) is 0 Å². The highest BCUT2D eigenvalue weighted by atomic mass is 35.5. The van der Waals surface area contributed by atoms with Crippen molar-refractivity contribution in [3.8, 4) is 0 Å². The summed E-state index contributed by atoms with van der Waals surface area (Å²) in [5.74, 6) is -1.17. The van der Waals surface area contributed by atoms with E-state index in [0.717, 1.165) is 5.56 Å². The second kappa shape index (κ2) is 8.22. The highest BCUT2D eigenvalue weighted by molar-refractivity contribution is 6.40. The van der Waals surface area contributed by atoms with Crippen LogP contribution in [0.3, 0.4) is 0 Å². The van der Waals surface area contributed by atoms with Gasteiger partial charge in [-0.15, -0.1) is 0 Å². The number of carboxylic acids is 1. The number of aliphatic carboxylic acids is 1. The Hall–Kier alpha value is -1.30. The number of rotatable bonds is 7. The Kier molecular flexibility index (Phi) is 6.95. The number of benzene rings is 1. The van der Waals surface area contributed by atoms with Crippen molar-refractivity contribution in [2.45, 2.75) is 20.3 Å². The maximum atomic E-state index is 12.0. The lowest BCUT2D eigenvalue weighted by atomic mass is 10.2. The van der Waals surface area contributed by atoms with Crippen LogP contribution >= 0.6 is 23.2 Å². The van der Waals surface area contributed by atoms with E-state index < -0.39 is 5.97 Å². The van der Waals surface area contributed by atoms with Gasteiger partial charge in [-0.2, -0.15) is 0 Å². The van der Waals surface area contributed by atoms with Gasteiger partial charge in [0, 0.05) is 6.54 Å². The Bertz CT molecular complexity index is 535. The molecule has 116 valence electrons. The number of carboxylic acid groups (broad SMARTS) is 1. The molecule has 0 bridgehead atoms. The molecule has 2 N–H and O–H groups in total. The molecule has 5 nitrogen and oxygen atoms in total. The van der Waals surface area contributed by atoms with Gasteiger partial charge in [-0.3, -0.25) is 14.5 Å². The third-order valence-corrected chi connectivity index (χ3v) is 3.81. The molecule has 0 saturated heterocycles. The zero-order chi connectivity index (χ0) is 16.0. The van der Waals surface area contributed by atoms with Crippen molar-refractivity contribution in [1.29, 1.82) is 0 Å². The van der Waals surface area contributed by atoms with Crippen molar-refractivity contribution in [1.82, 2.24) is 4.90 Å². The van der Waals surface area contributed by atoms with E-state index in [2.05, 4.69) is 5.32 Å². The lowest BCUT2D eigenvalue weighted by Crippen LogP contribution is -2.34. The number of aryl methyl sites for hydroxylation is 1. The van der Waals surface area contributed by atoms with E-state index in [1.54, 1.807) is 17.0 Å². The normalized spacial score (nSPS) is 10.7. The topological polar surface area (TPSA) is 69.6 Å². The molecule has 1 rings (SSSR count). The number of hydrogen-bond donors (Lipinski definition) is 2. The Morgan fingerprint density at radius 3 is 2.57 bits per heavy atom. The van der Waals surface area contributed by atoms with Gasteiger partial charge in [0.15, 0.2) is 0 Å². The Morgan fingerprint density at radius 2 is 2.00 bits per heavy atom. The first-order valence-corrected chi connectivity index (χ1v) is 7.29. The average molecular weight is 333 g/mol. The van der Waals surface area contributed by atoms with Crippen LogP contribution in [0.5, 0.6) is 0 Å². The van der Waals surface area contributed by atoms with E-state index in [1.165, 1.54) is 0 Å². The van der Waals surface area contributed by atoms with Crippen molar-refractivity contribution in [3.63, 3.8) is 0 Å². The predicted molar refractivity (Wildman–Crippen MR) is 84.2 cm³/mol. The minimum absolute atomic E-state index is 0.00687. The smallest absolute Gasteiger partial charge is 0.304 e. The molecule has 0 spiro atoms. The van der Waals surface area contributed by atoms with Crippen molar-refractivity contribution in [2.75, 3.05) is 25.0 Å². The summed E-state index contributed by atoms with van der Waals surface area (Å²) < 4.78 is 0. The van der Waals surface area contributed by atoms with E-state index in [-0.39, 0.29) is 18.9 Å². The third kappa shape index (κ3) is 5.53. The number of amides is 1. The van der Waals surface area contributed by atoms with E-state index in [9.17, 15) is 9.59 Å². The van der Waals surface area contributed by atoms with Crippen LogP contribution in [0.2, 0.25) is 10.0 Å². The zero-order valence-corrected chi connectivity index (χ0v) is 13.5. The van der Waals surface area contributed by atoms with Gasteiger partial charge in [0.2, 0.25) is 5.91 Å². The molecule has 0 aliphatic rings. The minimum atomic E-state index is -0.890. The third-order valence-electron chi connectivity index (χ3n) is 3.00. The summed E-state index contributed by atoms with van der Waals surface area (Å²) >= 11 is 12.2. The SMILES string of the molecule is CCN(CCC(=O)O)CC(=O)Nc1c(Cl)ccc(C)c1Cl. The Morgan fingerprint density at radius 1 is 1.33 bits per heavy atom. The van der Waals surface area contributed by atoms with Gasteiger partial charge in [0.05, 0.1) is 28.7 Å². The molecule has 0 radical (unpaired) electrons. The van der Waals surface area contributed by atoms with E-state index >= 15 is 0 Å². The lowest BCUT2D eigenvalue weighted by Gasteiger charge is -2.19. The monoisotopic (exact) mass is 332 g/mol. The van der Waals surface area contributed by atoms with Gasteiger partial charge in [0.1, 0.15) is 0 Å². The number of anilines is 1. The molecule has 0 aliphatic heterocycles. The standard InChI is InChI=1S/C14H18Cl2N2O3/c1-3-18(7-6-12(20)21)8-11(19)17-14-10(15)5-4-9(2)13(14)16/h4-5H,3,6-8H2,1-2H3,(H,17,19)(H,20,21). The predicted octanol–water partition coefficient (Wildman–Crippen LogP) is 3.04. The quantitative estimate of drug-likeness (QED) is 0.805. The van der Waals surface area contributed by atoms with Crippen LogP contribution in [-0.4, -0.2) is 41.5 Å². The first kappa shape index (κ1) is 17.8. The van der Waals surface area contributed by atoms with Crippen LogP contribution in [0.1, 0.15) is 18.9 Å². The molecule has 7 heteroatoms. The molecule has 0 atom stereocenters. The number of nitrogens with zero attached hydrogens (tertiary/aromatic N) is 1. The van der Waals surface area contributed by atoms with Crippen LogP contribution < -0.4 is 5.32 Å². The molecule has 0 heterocycles. The van der Waals surface area contributed by atoms with Crippen LogP contribution in [0, 0.1) is 6.92 Å². The highest BCUT2D eigenvalue weighted by Crippen LogP contribution is 2.32. The highest BCUT2D eigenvalue weighted by Gasteiger charge is 2.14. The van der Waals surface area contributed by atoms with Crippen molar-refractivity contribution < 1.29 is 14.7 Å². The van der Waals surface area contributed by atoms with Gasteiger partial charge in [-0.25, -0.2) is 0 Å². The summed E-state index contributed by atoms with van der Waals surface area (Å²) in [5, 5.41) is 12.1. The maximum Gasteiger partial charge on any atom is 0.304 e. The summed E-state index contributed by atoms with van der Waals surface area (Å²) in [5.41, 5.74) is 1.20. The van der Waals surface area contributed by atoms with Crippen molar-refractivity contribution >= 4 is 40.8 Å². The molecular weight excluding hydrogens is 315 g/mol. The zero-order valence-electron chi connectivity index (χ0n) is 11.9. The first-order valence-electron chi connectivity index (χ1n) is 6.53. The van der Waals surface area contributed by atoms with Gasteiger partial charge in [0.25, 0.3) is 0 Å². The number of nitrogens with one attached hydrogen (secondary N) is 1. The number of hydrogen-bond acceptors (Lipinski definition) is 3. The summed E-state index contributed by atoms with van der Waals surface area (Å²) in [6.45, 7) is 4.66. The second-order valence-electron chi connectivity index (χ2n) is 4.61. The summed E-state index contributed by atoms with van der Waals surface area (Å²) in [4.78, 5) is 24.3. The fourth-order valence-corrected chi connectivity index (χ4v) is 2.22. The van der Waals surface area contributed by atoms with E-state index in [0.29, 0.717) is 28.8 Å². The summed E-state index contributed by atoms with van der Waals surface area (Å²) in [6, 6.07) is 3.44. The Balaban J connectivity index is 2.69. The van der Waals surface area contributed by atoms with Crippen LogP contribution in [-0.2, 0) is 9.59 Å². The van der Waals surface area contributed by atoms with Gasteiger partial charge < -0.3 is 10.4 Å². The molecule has 0 unspecified atom stereocenters. The number of likely N-dealkylation sites (N-methyl/N-ethyl adjacent to an activating group) is 1. The fraction of sp³-hybridized carbons (Fsp3) is 0.429. The second-order valence-corrected chi connectivity index (χ2v) is 5.40. The van der Waals surface area contributed by atoms with Crippen LogP contribution in [0.4, 0.5) is 5.69 Å². The fourth-order valence-electron chi connectivity index (χ4n) is 1.76. The molecular formula is C14H18Cl2N2O3. The van der Waals surface area contributed by atoms with E-state index in [4.69, 9.17) is 28.3 Å². The maximum absolute atomic E-state index is 12.0. The van der Waals surface area contributed by atoms with Gasteiger partial charge in [-0.1, -0.05) is 36.2 Å². The molecule has 0 aliphatic carbocycles. The number of halogens is 2. The van der Waals surface area contributed by atoms with E-state index in [1.807, 2.05) is 13.8 Å². The number of carbonyl (C=O) groups is 2. The molecule has 21 heavy (non-hydrogen) atoms.